The minimum absolute atomic E-state index is 0.259. The van der Waals surface area contributed by atoms with Crippen LogP contribution in [0.3, 0.4) is 0 Å². The number of para-hydroxylation sites is 2. The molecule has 0 unspecified atom stereocenters. The van der Waals surface area contributed by atoms with E-state index in [4.69, 9.17) is 4.74 Å². The van der Waals surface area contributed by atoms with Gasteiger partial charge < -0.3 is 15.2 Å². The molecule has 0 fully saturated rings. The van der Waals surface area contributed by atoms with E-state index >= 15 is 0 Å². The molecule has 0 saturated heterocycles. The number of rotatable bonds is 7. The summed E-state index contributed by atoms with van der Waals surface area (Å²) in [4.78, 5) is 25.0. The Morgan fingerprint density at radius 3 is 2.59 bits per heavy atom. The van der Waals surface area contributed by atoms with Crippen LogP contribution in [-0.2, 0) is 6.42 Å². The predicted octanol–water partition coefficient (Wildman–Crippen LogP) is 3.54. The quantitative estimate of drug-likeness (QED) is 0.640. The highest BCUT2D eigenvalue weighted by atomic mass is 16.5. The van der Waals surface area contributed by atoms with Crippen molar-refractivity contribution in [1.29, 1.82) is 0 Å². The number of carbonyl (C=O) groups excluding carboxylic acids is 1. The van der Waals surface area contributed by atoms with E-state index in [1.807, 2.05) is 12.1 Å². The van der Waals surface area contributed by atoms with E-state index in [0.717, 1.165) is 30.0 Å². The minimum atomic E-state index is -0.618. The zero-order valence-corrected chi connectivity index (χ0v) is 16.4. The van der Waals surface area contributed by atoms with Crippen LogP contribution in [0.1, 0.15) is 35.8 Å². The lowest BCUT2D eigenvalue weighted by molar-refractivity contribution is 0.101. The van der Waals surface area contributed by atoms with Gasteiger partial charge in [0.1, 0.15) is 11.4 Å². The Morgan fingerprint density at radius 2 is 1.90 bits per heavy atom. The Labute approximate surface area is 168 Å². The first-order valence-corrected chi connectivity index (χ1v) is 9.40. The number of ether oxygens (including phenoxy) is 1. The van der Waals surface area contributed by atoms with Crippen molar-refractivity contribution < 1.29 is 14.6 Å². The fourth-order valence-electron chi connectivity index (χ4n) is 2.91. The van der Waals surface area contributed by atoms with Gasteiger partial charge in [0.15, 0.2) is 11.4 Å². The van der Waals surface area contributed by atoms with E-state index in [1.165, 1.54) is 12.7 Å². The molecule has 2 aromatic carbocycles. The summed E-state index contributed by atoms with van der Waals surface area (Å²) in [6.07, 6.45) is 3.20. The lowest BCUT2D eigenvalue weighted by atomic mass is 10.1. The Morgan fingerprint density at radius 1 is 1.17 bits per heavy atom. The summed E-state index contributed by atoms with van der Waals surface area (Å²) in [5, 5.41) is 16.9. The second-order valence-corrected chi connectivity index (χ2v) is 6.55. The molecule has 3 aromatic rings. The summed E-state index contributed by atoms with van der Waals surface area (Å²) < 4.78 is 6.29. The third-order valence-corrected chi connectivity index (χ3v) is 4.47. The van der Waals surface area contributed by atoms with Crippen LogP contribution in [0.15, 0.2) is 59.4 Å². The summed E-state index contributed by atoms with van der Waals surface area (Å²) in [6.45, 7) is 2.14. The fraction of sp³-hybridized carbons (Fsp3) is 0.227. The van der Waals surface area contributed by atoms with Crippen LogP contribution in [0.5, 0.6) is 11.5 Å². The molecule has 7 heteroatoms. The first kappa shape index (κ1) is 20.1. The Kier molecular flexibility index (Phi) is 6.29. The molecule has 2 N–H and O–H groups in total. The average Bonchev–Trinajstić information content (AvgIpc) is 2.73. The van der Waals surface area contributed by atoms with Gasteiger partial charge in [-0.3, -0.25) is 9.59 Å². The standard InChI is InChI=1S/C22H23N3O4/c1-3-4-7-15-10-12-16(13-11-15)23-22(28)21-18(26)14-20(27)25(24-21)17-8-5-6-9-19(17)29-2/h5-6,8-14,26H,3-4,7H2,1-2H3,(H,23,28). The highest BCUT2D eigenvalue weighted by Crippen LogP contribution is 2.22. The van der Waals surface area contributed by atoms with Gasteiger partial charge in [-0.2, -0.15) is 9.78 Å². The van der Waals surface area contributed by atoms with Crippen LogP contribution in [0.25, 0.3) is 5.69 Å². The van der Waals surface area contributed by atoms with E-state index in [1.54, 1.807) is 36.4 Å². The zero-order chi connectivity index (χ0) is 20.8. The van der Waals surface area contributed by atoms with Gasteiger partial charge in [-0.1, -0.05) is 37.6 Å². The number of amides is 1. The first-order valence-electron chi connectivity index (χ1n) is 9.40. The van der Waals surface area contributed by atoms with Crippen molar-refractivity contribution in [2.24, 2.45) is 0 Å². The molecule has 3 rings (SSSR count). The summed E-state index contributed by atoms with van der Waals surface area (Å²) in [7, 11) is 1.47. The van der Waals surface area contributed by atoms with Crippen molar-refractivity contribution in [2.75, 3.05) is 12.4 Å². The maximum Gasteiger partial charge on any atom is 0.279 e. The maximum absolute atomic E-state index is 12.7. The van der Waals surface area contributed by atoms with Gasteiger partial charge in [0, 0.05) is 11.8 Å². The topological polar surface area (TPSA) is 93.5 Å². The number of aromatic hydroxyl groups is 1. The van der Waals surface area contributed by atoms with Crippen LogP contribution in [-0.4, -0.2) is 27.9 Å². The monoisotopic (exact) mass is 393 g/mol. The maximum atomic E-state index is 12.7. The SMILES string of the molecule is CCCCc1ccc(NC(=O)c2nn(-c3ccccc3OC)c(=O)cc2O)cc1. The molecule has 1 amide bonds. The number of carbonyl (C=O) groups is 1. The van der Waals surface area contributed by atoms with Crippen molar-refractivity contribution in [3.63, 3.8) is 0 Å². The molecule has 0 radical (unpaired) electrons. The molecule has 0 aliphatic heterocycles. The second kappa shape index (κ2) is 9.05. The number of hydrogen-bond donors (Lipinski definition) is 2. The Balaban J connectivity index is 1.88. The highest BCUT2D eigenvalue weighted by Gasteiger charge is 2.18. The van der Waals surface area contributed by atoms with E-state index in [9.17, 15) is 14.7 Å². The number of unbranched alkanes of at least 4 members (excludes halogenated alkanes) is 1. The molecule has 0 spiro atoms. The number of aromatic nitrogens is 2. The zero-order valence-electron chi connectivity index (χ0n) is 16.4. The third-order valence-electron chi connectivity index (χ3n) is 4.47. The number of benzene rings is 2. The lowest BCUT2D eigenvalue weighted by Crippen LogP contribution is -2.25. The van der Waals surface area contributed by atoms with Crippen molar-refractivity contribution >= 4 is 11.6 Å². The van der Waals surface area contributed by atoms with Crippen LogP contribution >= 0.6 is 0 Å². The van der Waals surface area contributed by atoms with Gasteiger partial charge in [-0.25, -0.2) is 0 Å². The van der Waals surface area contributed by atoms with Gasteiger partial charge >= 0.3 is 0 Å². The minimum Gasteiger partial charge on any atom is -0.505 e. The van der Waals surface area contributed by atoms with E-state index in [2.05, 4.69) is 17.3 Å². The van der Waals surface area contributed by atoms with Crippen molar-refractivity contribution in [1.82, 2.24) is 9.78 Å². The largest absolute Gasteiger partial charge is 0.505 e. The fourth-order valence-corrected chi connectivity index (χ4v) is 2.91. The Bertz CT molecular complexity index is 1060. The third kappa shape index (κ3) is 4.63. The second-order valence-electron chi connectivity index (χ2n) is 6.55. The molecular formula is C22H23N3O4. The van der Waals surface area contributed by atoms with E-state index in [-0.39, 0.29) is 5.69 Å². The van der Waals surface area contributed by atoms with Crippen molar-refractivity contribution in [3.05, 3.63) is 76.2 Å². The van der Waals surface area contributed by atoms with Crippen LogP contribution in [0.2, 0.25) is 0 Å². The van der Waals surface area contributed by atoms with E-state index < -0.39 is 17.2 Å². The Hall–Kier alpha value is -3.61. The van der Waals surface area contributed by atoms with Crippen molar-refractivity contribution in [3.8, 4) is 17.2 Å². The molecule has 0 bridgehead atoms. The van der Waals surface area contributed by atoms with Crippen molar-refractivity contribution in [2.45, 2.75) is 26.2 Å². The van der Waals surface area contributed by atoms with Gasteiger partial charge in [0.25, 0.3) is 11.5 Å². The van der Waals surface area contributed by atoms with E-state index in [0.29, 0.717) is 17.1 Å². The van der Waals surface area contributed by atoms with Crippen LogP contribution < -0.4 is 15.6 Å². The lowest BCUT2D eigenvalue weighted by Gasteiger charge is -2.12. The number of methoxy groups -OCH3 is 1. The number of anilines is 1. The summed E-state index contributed by atoms with van der Waals surface area (Å²) in [5.74, 6) is -0.688. The smallest absolute Gasteiger partial charge is 0.279 e. The number of aryl methyl sites for hydroxylation is 1. The van der Waals surface area contributed by atoms with Gasteiger partial charge in [-0.15, -0.1) is 0 Å². The predicted molar refractivity (Wildman–Crippen MR) is 111 cm³/mol. The normalized spacial score (nSPS) is 10.6. The van der Waals surface area contributed by atoms with Gasteiger partial charge in [0.2, 0.25) is 0 Å². The van der Waals surface area contributed by atoms with Gasteiger partial charge in [-0.05, 0) is 42.7 Å². The molecule has 0 aliphatic carbocycles. The molecule has 0 aliphatic rings. The first-order chi connectivity index (χ1) is 14.0. The number of nitrogens with zero attached hydrogens (tertiary/aromatic N) is 2. The molecule has 7 nitrogen and oxygen atoms in total. The summed E-state index contributed by atoms with van der Waals surface area (Å²) in [6, 6.07) is 15.3. The van der Waals surface area contributed by atoms with Crippen LogP contribution in [0, 0.1) is 0 Å². The number of hydrogen-bond acceptors (Lipinski definition) is 5. The van der Waals surface area contributed by atoms with Crippen LogP contribution in [0.4, 0.5) is 5.69 Å². The molecule has 1 heterocycles. The molecule has 29 heavy (non-hydrogen) atoms. The van der Waals surface area contributed by atoms with Gasteiger partial charge in [0.05, 0.1) is 7.11 Å². The molecule has 1 aromatic heterocycles. The number of nitrogens with one attached hydrogen (secondary N) is 1. The summed E-state index contributed by atoms with van der Waals surface area (Å²) >= 11 is 0. The molecule has 0 atom stereocenters. The summed E-state index contributed by atoms with van der Waals surface area (Å²) in [5.41, 5.74) is 1.30. The average molecular weight is 393 g/mol. The molecule has 150 valence electrons. The molecule has 0 saturated carbocycles. The molecular weight excluding hydrogens is 370 g/mol. The highest BCUT2D eigenvalue weighted by molar-refractivity contribution is 6.04.